The molecule has 0 bridgehead atoms. The standard InChI is InChI=1S/C23H14ClF3N2O2/c24-18-10-4-5-11-19(18)28-13-16-14-7-1-2-8-15(14)21(30)29(22(16)31)20-12-6-3-9-17(20)23(25,26)27/h1-13,31H. The van der Waals surface area contributed by atoms with Gasteiger partial charge >= 0.3 is 6.18 Å². The Morgan fingerprint density at radius 1 is 0.903 bits per heavy atom. The highest BCUT2D eigenvalue weighted by atomic mass is 35.5. The smallest absolute Gasteiger partial charge is 0.418 e. The van der Waals surface area contributed by atoms with Crippen molar-refractivity contribution < 1.29 is 18.3 Å². The van der Waals surface area contributed by atoms with Crippen molar-refractivity contribution in [2.75, 3.05) is 0 Å². The van der Waals surface area contributed by atoms with Gasteiger partial charge in [-0.1, -0.05) is 54.1 Å². The number of alkyl halides is 3. The number of aliphatic imine (C=N–C) groups is 1. The highest BCUT2D eigenvalue weighted by Gasteiger charge is 2.34. The number of hydrogen-bond donors (Lipinski definition) is 1. The summed E-state index contributed by atoms with van der Waals surface area (Å²) < 4.78 is 41.4. The number of nitrogens with zero attached hydrogens (tertiary/aromatic N) is 2. The Morgan fingerprint density at radius 2 is 1.52 bits per heavy atom. The van der Waals surface area contributed by atoms with E-state index in [1.165, 1.54) is 24.4 Å². The predicted molar refractivity (Wildman–Crippen MR) is 115 cm³/mol. The molecule has 1 aromatic heterocycles. The summed E-state index contributed by atoms with van der Waals surface area (Å²) in [6.45, 7) is 0. The molecular formula is C23H14ClF3N2O2. The van der Waals surface area contributed by atoms with Crippen LogP contribution >= 0.6 is 11.6 Å². The fourth-order valence-corrected chi connectivity index (χ4v) is 3.50. The zero-order chi connectivity index (χ0) is 22.2. The van der Waals surface area contributed by atoms with Crippen LogP contribution in [0.15, 0.2) is 82.6 Å². The fourth-order valence-electron chi connectivity index (χ4n) is 3.31. The normalized spacial score (nSPS) is 12.0. The van der Waals surface area contributed by atoms with Crippen LogP contribution in [0.4, 0.5) is 18.9 Å². The maximum Gasteiger partial charge on any atom is 0.418 e. The minimum atomic E-state index is -4.72. The second kappa shape index (κ2) is 7.92. The van der Waals surface area contributed by atoms with Crippen molar-refractivity contribution in [3.63, 3.8) is 0 Å². The molecule has 0 aliphatic heterocycles. The van der Waals surface area contributed by atoms with E-state index in [9.17, 15) is 23.1 Å². The van der Waals surface area contributed by atoms with Gasteiger partial charge in [-0.05, 0) is 30.3 Å². The van der Waals surface area contributed by atoms with E-state index in [1.54, 1.807) is 42.5 Å². The Kier molecular flexibility index (Phi) is 5.29. The lowest BCUT2D eigenvalue weighted by Crippen LogP contribution is -2.23. The van der Waals surface area contributed by atoms with Crippen molar-refractivity contribution >= 4 is 34.3 Å². The van der Waals surface area contributed by atoms with Crippen LogP contribution in [0.2, 0.25) is 5.02 Å². The van der Waals surface area contributed by atoms with E-state index in [4.69, 9.17) is 11.6 Å². The van der Waals surface area contributed by atoms with Gasteiger partial charge in [0.05, 0.1) is 27.5 Å². The zero-order valence-electron chi connectivity index (χ0n) is 15.8. The van der Waals surface area contributed by atoms with Crippen LogP contribution < -0.4 is 5.56 Å². The minimum absolute atomic E-state index is 0.0899. The molecule has 0 aliphatic rings. The fraction of sp³-hybridized carbons (Fsp3) is 0.0435. The average Bonchev–Trinajstić information content (AvgIpc) is 2.74. The number of fused-ring (bicyclic) bond motifs is 1. The van der Waals surface area contributed by atoms with E-state index < -0.39 is 28.9 Å². The van der Waals surface area contributed by atoms with Gasteiger partial charge in [-0.25, -0.2) is 4.57 Å². The highest BCUT2D eigenvalue weighted by Crippen LogP contribution is 2.36. The van der Waals surface area contributed by atoms with Crippen molar-refractivity contribution in [1.29, 1.82) is 0 Å². The van der Waals surface area contributed by atoms with Gasteiger partial charge in [-0.3, -0.25) is 9.79 Å². The Bertz CT molecular complexity index is 1380. The Labute approximate surface area is 179 Å². The van der Waals surface area contributed by atoms with Crippen LogP contribution in [0, 0.1) is 0 Å². The number of pyridine rings is 1. The first-order chi connectivity index (χ1) is 14.8. The van der Waals surface area contributed by atoms with E-state index in [0.29, 0.717) is 20.7 Å². The monoisotopic (exact) mass is 442 g/mol. The molecule has 0 radical (unpaired) electrons. The van der Waals surface area contributed by atoms with Gasteiger partial charge in [0, 0.05) is 17.0 Å². The second-order valence-electron chi connectivity index (χ2n) is 6.65. The predicted octanol–water partition coefficient (Wildman–Crippen LogP) is 6.12. The topological polar surface area (TPSA) is 54.6 Å². The first-order valence-electron chi connectivity index (χ1n) is 9.11. The lowest BCUT2D eigenvalue weighted by Gasteiger charge is -2.18. The van der Waals surface area contributed by atoms with E-state index in [2.05, 4.69) is 4.99 Å². The molecule has 8 heteroatoms. The molecule has 4 rings (SSSR count). The van der Waals surface area contributed by atoms with Gasteiger partial charge in [0.15, 0.2) is 0 Å². The summed E-state index contributed by atoms with van der Waals surface area (Å²) in [6, 6.07) is 17.6. The molecule has 4 nitrogen and oxygen atoms in total. The minimum Gasteiger partial charge on any atom is -0.494 e. The number of halogens is 4. The Balaban J connectivity index is 2.04. The van der Waals surface area contributed by atoms with E-state index in [1.807, 2.05) is 0 Å². The Morgan fingerprint density at radius 3 is 2.23 bits per heavy atom. The number of aromatic nitrogens is 1. The largest absolute Gasteiger partial charge is 0.494 e. The molecule has 0 fully saturated rings. The van der Waals surface area contributed by atoms with Crippen molar-refractivity contribution in [3.8, 4) is 11.6 Å². The molecule has 0 amide bonds. The highest BCUT2D eigenvalue weighted by molar-refractivity contribution is 6.33. The van der Waals surface area contributed by atoms with E-state index in [0.717, 1.165) is 12.1 Å². The summed E-state index contributed by atoms with van der Waals surface area (Å²) in [5, 5.41) is 11.8. The molecule has 0 atom stereocenters. The van der Waals surface area contributed by atoms with Gasteiger partial charge in [0.25, 0.3) is 5.56 Å². The van der Waals surface area contributed by atoms with Crippen molar-refractivity contribution in [3.05, 3.63) is 99.3 Å². The molecule has 0 aliphatic carbocycles. The summed E-state index contributed by atoms with van der Waals surface area (Å²) >= 11 is 6.12. The summed E-state index contributed by atoms with van der Waals surface area (Å²) in [7, 11) is 0. The molecule has 0 spiro atoms. The third-order valence-electron chi connectivity index (χ3n) is 4.74. The molecule has 0 saturated carbocycles. The molecule has 0 unspecified atom stereocenters. The number of benzene rings is 3. The summed E-state index contributed by atoms with van der Waals surface area (Å²) in [6.07, 6.45) is -3.44. The summed E-state index contributed by atoms with van der Waals surface area (Å²) in [5.41, 5.74) is -1.81. The summed E-state index contributed by atoms with van der Waals surface area (Å²) in [4.78, 5) is 17.3. The van der Waals surface area contributed by atoms with Gasteiger partial charge in [0.2, 0.25) is 5.88 Å². The first-order valence-corrected chi connectivity index (χ1v) is 9.48. The molecule has 1 N–H and O–H groups in total. The van der Waals surface area contributed by atoms with Gasteiger partial charge in [-0.2, -0.15) is 13.2 Å². The van der Waals surface area contributed by atoms with Gasteiger partial charge < -0.3 is 5.11 Å². The number of rotatable bonds is 3. The first kappa shape index (κ1) is 20.7. The number of hydrogen-bond acceptors (Lipinski definition) is 3. The molecule has 1 heterocycles. The van der Waals surface area contributed by atoms with E-state index >= 15 is 0 Å². The molecule has 4 aromatic rings. The van der Waals surface area contributed by atoms with Crippen LogP contribution in [0.1, 0.15) is 11.1 Å². The third-order valence-corrected chi connectivity index (χ3v) is 5.06. The molecule has 0 saturated heterocycles. The Hall–Kier alpha value is -3.58. The number of aromatic hydroxyl groups is 1. The van der Waals surface area contributed by atoms with Crippen molar-refractivity contribution in [1.82, 2.24) is 4.57 Å². The quantitative estimate of drug-likeness (QED) is 0.389. The van der Waals surface area contributed by atoms with Crippen molar-refractivity contribution in [2.24, 2.45) is 4.99 Å². The van der Waals surface area contributed by atoms with Gasteiger partial charge in [0.1, 0.15) is 0 Å². The van der Waals surface area contributed by atoms with Crippen LogP contribution in [-0.2, 0) is 6.18 Å². The maximum absolute atomic E-state index is 13.6. The second-order valence-corrected chi connectivity index (χ2v) is 7.06. The molecule has 31 heavy (non-hydrogen) atoms. The zero-order valence-corrected chi connectivity index (χ0v) is 16.5. The third kappa shape index (κ3) is 3.80. The lowest BCUT2D eigenvalue weighted by molar-refractivity contribution is -0.137. The van der Waals surface area contributed by atoms with Crippen molar-refractivity contribution in [2.45, 2.75) is 6.18 Å². The molecule has 3 aromatic carbocycles. The molecular weight excluding hydrogens is 429 g/mol. The number of para-hydroxylation sites is 2. The van der Waals surface area contributed by atoms with Crippen LogP contribution in [0.5, 0.6) is 5.88 Å². The van der Waals surface area contributed by atoms with Crippen LogP contribution in [-0.4, -0.2) is 15.9 Å². The van der Waals surface area contributed by atoms with E-state index in [-0.39, 0.29) is 10.9 Å². The van der Waals surface area contributed by atoms with Gasteiger partial charge in [-0.15, -0.1) is 0 Å². The average molecular weight is 443 g/mol. The summed E-state index contributed by atoms with van der Waals surface area (Å²) in [5.74, 6) is -0.656. The lowest BCUT2D eigenvalue weighted by atomic mass is 10.1. The van der Waals surface area contributed by atoms with Crippen LogP contribution in [0.3, 0.4) is 0 Å². The maximum atomic E-state index is 13.6. The SMILES string of the molecule is O=c1c2ccccc2c(C=Nc2ccccc2Cl)c(O)n1-c1ccccc1C(F)(F)F. The van der Waals surface area contributed by atoms with Crippen LogP contribution in [0.25, 0.3) is 16.5 Å². The molecule has 156 valence electrons.